The number of oxazole rings is 1. The molecular formula is C22H30N2O2. The molecule has 0 saturated carbocycles. The quantitative estimate of drug-likeness (QED) is 0.421. The van der Waals surface area contributed by atoms with Gasteiger partial charge in [0.05, 0.1) is 5.52 Å². The number of fused-ring (bicyclic) bond motifs is 3. The maximum Gasteiger partial charge on any atom is 0.278 e. The number of rotatable bonds is 11. The van der Waals surface area contributed by atoms with E-state index in [4.69, 9.17) is 4.42 Å². The van der Waals surface area contributed by atoms with Gasteiger partial charge >= 0.3 is 0 Å². The Morgan fingerprint density at radius 3 is 2.31 bits per heavy atom. The number of benzene rings is 1. The number of H-pyrrole nitrogens is 1. The maximum absolute atomic E-state index is 12.2. The Morgan fingerprint density at radius 2 is 1.58 bits per heavy atom. The molecule has 0 spiro atoms. The summed E-state index contributed by atoms with van der Waals surface area (Å²) in [5, 5.41) is 0.920. The molecule has 26 heavy (non-hydrogen) atoms. The first kappa shape index (κ1) is 18.7. The van der Waals surface area contributed by atoms with Crippen molar-refractivity contribution in [1.29, 1.82) is 0 Å². The molecule has 1 aromatic carbocycles. The van der Waals surface area contributed by atoms with Crippen molar-refractivity contribution in [2.24, 2.45) is 0 Å². The number of hydrogen-bond donors (Lipinski definition) is 1. The Morgan fingerprint density at radius 1 is 0.923 bits per heavy atom. The summed E-state index contributed by atoms with van der Waals surface area (Å²) in [5.41, 5.74) is 1.67. The molecule has 0 atom stereocenters. The van der Waals surface area contributed by atoms with Crippen LogP contribution in [0.2, 0.25) is 0 Å². The lowest BCUT2D eigenvalue weighted by molar-refractivity contribution is 0.502. The lowest BCUT2D eigenvalue weighted by atomic mass is 10.1. The van der Waals surface area contributed by atoms with Crippen LogP contribution in [0.25, 0.3) is 22.0 Å². The van der Waals surface area contributed by atoms with E-state index in [1.54, 1.807) is 0 Å². The fourth-order valence-corrected chi connectivity index (χ4v) is 3.54. The molecule has 1 N–H and O–H groups in total. The van der Waals surface area contributed by atoms with Crippen LogP contribution in [0.15, 0.2) is 33.5 Å². The first-order valence-electron chi connectivity index (χ1n) is 10.2. The largest absolute Gasteiger partial charge is 0.440 e. The molecule has 4 nitrogen and oxygen atoms in total. The summed E-state index contributed by atoms with van der Waals surface area (Å²) in [6.07, 6.45) is 13.9. The summed E-state index contributed by atoms with van der Waals surface area (Å²) in [6.45, 7) is 2.26. The zero-order valence-corrected chi connectivity index (χ0v) is 15.9. The molecule has 0 aliphatic heterocycles. The molecule has 0 radical (unpaired) electrons. The SMILES string of the molecule is CCCCCCCCCCCCc1nc2c(=O)[nH]c3ccccc3c2o1. The minimum atomic E-state index is -0.170. The topological polar surface area (TPSA) is 58.9 Å². The van der Waals surface area contributed by atoms with Gasteiger partial charge in [0, 0.05) is 11.8 Å². The predicted molar refractivity (Wildman–Crippen MR) is 108 cm³/mol. The third kappa shape index (κ3) is 4.75. The van der Waals surface area contributed by atoms with E-state index in [1.807, 2.05) is 24.3 Å². The Bertz CT molecular complexity index is 879. The van der Waals surface area contributed by atoms with Crippen LogP contribution in [0.3, 0.4) is 0 Å². The molecule has 0 saturated heterocycles. The Hall–Kier alpha value is -2.10. The van der Waals surface area contributed by atoms with Crippen molar-refractivity contribution in [3.05, 3.63) is 40.5 Å². The third-order valence-corrected chi connectivity index (χ3v) is 5.05. The molecule has 2 aromatic heterocycles. The second kappa shape index (κ2) is 9.56. The molecule has 2 heterocycles. The smallest absolute Gasteiger partial charge is 0.278 e. The number of nitrogens with zero attached hydrogens (tertiary/aromatic N) is 1. The van der Waals surface area contributed by atoms with E-state index in [1.165, 1.54) is 57.8 Å². The second-order valence-electron chi connectivity index (χ2n) is 7.22. The summed E-state index contributed by atoms with van der Waals surface area (Å²) < 4.78 is 5.91. The third-order valence-electron chi connectivity index (χ3n) is 5.05. The number of hydrogen-bond acceptors (Lipinski definition) is 3. The molecular weight excluding hydrogens is 324 g/mol. The van der Waals surface area contributed by atoms with Gasteiger partial charge in [-0.3, -0.25) is 4.79 Å². The zero-order chi connectivity index (χ0) is 18.2. The van der Waals surface area contributed by atoms with Crippen molar-refractivity contribution in [3.8, 4) is 0 Å². The van der Waals surface area contributed by atoms with Crippen molar-refractivity contribution in [2.75, 3.05) is 0 Å². The van der Waals surface area contributed by atoms with Crippen LogP contribution in [-0.2, 0) is 6.42 Å². The average molecular weight is 354 g/mol. The van der Waals surface area contributed by atoms with E-state index in [0.717, 1.165) is 23.7 Å². The van der Waals surface area contributed by atoms with E-state index in [-0.39, 0.29) is 5.56 Å². The van der Waals surface area contributed by atoms with Gasteiger partial charge in [-0.2, -0.15) is 0 Å². The maximum atomic E-state index is 12.2. The van der Waals surface area contributed by atoms with Crippen molar-refractivity contribution in [3.63, 3.8) is 0 Å². The molecule has 0 aliphatic rings. The van der Waals surface area contributed by atoms with Crippen LogP contribution >= 0.6 is 0 Å². The molecule has 0 fully saturated rings. The van der Waals surface area contributed by atoms with E-state index in [0.29, 0.717) is 17.0 Å². The van der Waals surface area contributed by atoms with Crippen molar-refractivity contribution in [1.82, 2.24) is 9.97 Å². The molecule has 0 unspecified atom stereocenters. The molecule has 3 aromatic rings. The zero-order valence-electron chi connectivity index (χ0n) is 15.9. The Kier molecular flexibility index (Phi) is 6.87. The Labute approximate surface area is 155 Å². The summed E-state index contributed by atoms with van der Waals surface area (Å²) in [4.78, 5) is 19.5. The number of aromatic amines is 1. The number of aryl methyl sites for hydroxylation is 1. The van der Waals surface area contributed by atoms with Gasteiger partial charge in [-0.1, -0.05) is 76.8 Å². The van der Waals surface area contributed by atoms with E-state index in [9.17, 15) is 4.79 Å². The minimum absolute atomic E-state index is 0.170. The highest BCUT2D eigenvalue weighted by atomic mass is 16.3. The van der Waals surface area contributed by atoms with Gasteiger partial charge in [0.25, 0.3) is 5.56 Å². The van der Waals surface area contributed by atoms with Gasteiger partial charge in [0.15, 0.2) is 17.0 Å². The van der Waals surface area contributed by atoms with E-state index in [2.05, 4.69) is 16.9 Å². The van der Waals surface area contributed by atoms with E-state index < -0.39 is 0 Å². The van der Waals surface area contributed by atoms with Gasteiger partial charge in [0.1, 0.15) is 0 Å². The lowest BCUT2D eigenvalue weighted by Crippen LogP contribution is -2.06. The molecule has 0 amide bonds. The number of para-hydroxylation sites is 1. The highest BCUT2D eigenvalue weighted by Gasteiger charge is 2.12. The fraction of sp³-hybridized carbons (Fsp3) is 0.545. The first-order chi connectivity index (χ1) is 12.8. The minimum Gasteiger partial charge on any atom is -0.440 e. The molecule has 3 rings (SSSR count). The van der Waals surface area contributed by atoms with E-state index >= 15 is 0 Å². The van der Waals surface area contributed by atoms with Crippen LogP contribution in [0.4, 0.5) is 0 Å². The van der Waals surface area contributed by atoms with Crippen molar-refractivity contribution < 1.29 is 4.42 Å². The van der Waals surface area contributed by atoms with Crippen LogP contribution in [-0.4, -0.2) is 9.97 Å². The lowest BCUT2D eigenvalue weighted by Gasteiger charge is -2.01. The summed E-state index contributed by atoms with van der Waals surface area (Å²) in [5.74, 6) is 0.682. The van der Waals surface area contributed by atoms with Gasteiger partial charge in [-0.25, -0.2) is 4.98 Å². The van der Waals surface area contributed by atoms with Crippen molar-refractivity contribution >= 4 is 22.0 Å². The van der Waals surface area contributed by atoms with Crippen LogP contribution in [0.1, 0.15) is 77.0 Å². The summed E-state index contributed by atoms with van der Waals surface area (Å²) >= 11 is 0. The normalized spacial score (nSPS) is 11.6. The van der Waals surface area contributed by atoms with Gasteiger partial charge in [-0.15, -0.1) is 0 Å². The highest BCUT2D eigenvalue weighted by Crippen LogP contribution is 2.22. The molecule has 0 aliphatic carbocycles. The summed E-state index contributed by atoms with van der Waals surface area (Å²) in [7, 11) is 0. The predicted octanol–water partition coefficient (Wildman–Crippen LogP) is 6.13. The summed E-state index contributed by atoms with van der Waals surface area (Å²) in [6, 6.07) is 7.71. The fourth-order valence-electron chi connectivity index (χ4n) is 3.54. The Balaban J connectivity index is 1.46. The number of aromatic nitrogens is 2. The molecule has 140 valence electrons. The number of pyridine rings is 1. The highest BCUT2D eigenvalue weighted by molar-refractivity contribution is 6.00. The van der Waals surface area contributed by atoms with Gasteiger partial charge in [0.2, 0.25) is 0 Å². The molecule has 4 heteroatoms. The van der Waals surface area contributed by atoms with Crippen LogP contribution in [0.5, 0.6) is 0 Å². The average Bonchev–Trinajstić information content (AvgIpc) is 3.08. The number of unbranched alkanes of at least 4 members (excludes halogenated alkanes) is 9. The van der Waals surface area contributed by atoms with Gasteiger partial charge < -0.3 is 9.40 Å². The van der Waals surface area contributed by atoms with Gasteiger partial charge in [-0.05, 0) is 18.6 Å². The second-order valence-corrected chi connectivity index (χ2v) is 7.22. The number of nitrogens with one attached hydrogen (secondary N) is 1. The first-order valence-corrected chi connectivity index (χ1v) is 10.2. The van der Waals surface area contributed by atoms with Crippen LogP contribution < -0.4 is 5.56 Å². The standard InChI is InChI=1S/C22H30N2O2/c1-2-3-4-5-6-7-8-9-10-11-16-19-24-20-21(26-19)17-14-12-13-15-18(17)23-22(20)25/h12-15H,2-11,16H2,1H3,(H,23,25). The van der Waals surface area contributed by atoms with Crippen molar-refractivity contribution in [2.45, 2.75) is 77.6 Å². The van der Waals surface area contributed by atoms with Crippen LogP contribution in [0, 0.1) is 0 Å². The molecule has 0 bridgehead atoms. The monoisotopic (exact) mass is 354 g/mol.